The van der Waals surface area contributed by atoms with E-state index < -0.39 is 5.97 Å². The van der Waals surface area contributed by atoms with Crippen molar-refractivity contribution in [2.45, 2.75) is 13.3 Å². The Balaban J connectivity index is 1.88. The number of ether oxygens (including phenoxy) is 1. The summed E-state index contributed by atoms with van der Waals surface area (Å²) in [6.45, 7) is 2.53. The van der Waals surface area contributed by atoms with Gasteiger partial charge in [-0.1, -0.05) is 29.8 Å². The predicted molar refractivity (Wildman–Crippen MR) is 90.7 cm³/mol. The molecular weight excluding hydrogens is 292 g/mol. The minimum atomic E-state index is -0.473. The van der Waals surface area contributed by atoms with Crippen LogP contribution in [0.25, 0.3) is 0 Å². The molecule has 0 radical (unpaired) electrons. The molecule has 0 spiro atoms. The van der Waals surface area contributed by atoms with Gasteiger partial charge in [0.2, 0.25) is 5.91 Å². The van der Waals surface area contributed by atoms with Crippen LogP contribution < -0.4 is 10.6 Å². The van der Waals surface area contributed by atoms with Gasteiger partial charge in [-0.2, -0.15) is 0 Å². The summed E-state index contributed by atoms with van der Waals surface area (Å²) in [5.41, 5.74) is 2.96. The molecule has 0 bridgehead atoms. The van der Waals surface area contributed by atoms with Gasteiger partial charge in [-0.15, -0.1) is 0 Å². The van der Waals surface area contributed by atoms with Gasteiger partial charge in [0.15, 0.2) is 0 Å². The molecule has 2 rings (SSSR count). The number of nitrogens with one attached hydrogen (secondary N) is 2. The van der Waals surface area contributed by atoms with Crippen LogP contribution in [0.15, 0.2) is 48.5 Å². The first-order valence-corrected chi connectivity index (χ1v) is 7.38. The number of anilines is 2. The van der Waals surface area contributed by atoms with Crippen molar-refractivity contribution in [2.75, 3.05) is 24.3 Å². The van der Waals surface area contributed by atoms with Crippen LogP contribution in [0.5, 0.6) is 0 Å². The zero-order chi connectivity index (χ0) is 16.7. The smallest absolute Gasteiger partial charge is 0.339 e. The zero-order valence-electron chi connectivity index (χ0n) is 13.3. The van der Waals surface area contributed by atoms with E-state index in [1.807, 2.05) is 31.2 Å². The van der Waals surface area contributed by atoms with E-state index in [0.717, 1.165) is 5.69 Å². The summed E-state index contributed by atoms with van der Waals surface area (Å²) in [6.07, 6.45) is 0.295. The molecule has 2 aromatic carbocycles. The Morgan fingerprint density at radius 1 is 1.04 bits per heavy atom. The van der Waals surface area contributed by atoms with Gasteiger partial charge in [0, 0.05) is 18.7 Å². The average Bonchev–Trinajstić information content (AvgIpc) is 2.56. The quantitative estimate of drug-likeness (QED) is 0.804. The molecule has 0 saturated carbocycles. The third-order valence-electron chi connectivity index (χ3n) is 3.34. The van der Waals surface area contributed by atoms with E-state index in [2.05, 4.69) is 10.6 Å². The average molecular weight is 312 g/mol. The van der Waals surface area contributed by atoms with E-state index in [1.54, 1.807) is 24.3 Å². The van der Waals surface area contributed by atoms with Crippen LogP contribution in [-0.2, 0) is 9.53 Å². The normalized spacial score (nSPS) is 10.0. The number of amides is 1. The first-order chi connectivity index (χ1) is 11.1. The van der Waals surface area contributed by atoms with E-state index in [-0.39, 0.29) is 5.91 Å². The Hall–Kier alpha value is -2.82. The highest BCUT2D eigenvalue weighted by Gasteiger charge is 2.12. The number of hydrogen-bond acceptors (Lipinski definition) is 4. The Morgan fingerprint density at radius 2 is 1.74 bits per heavy atom. The molecule has 0 unspecified atom stereocenters. The third-order valence-corrected chi connectivity index (χ3v) is 3.34. The van der Waals surface area contributed by atoms with Gasteiger partial charge in [0.1, 0.15) is 0 Å². The molecular formula is C18H20N2O3. The second kappa shape index (κ2) is 7.98. The number of methoxy groups -OCH3 is 1. The fraction of sp³-hybridized carbons (Fsp3) is 0.222. The first kappa shape index (κ1) is 16.5. The van der Waals surface area contributed by atoms with Crippen LogP contribution in [0.1, 0.15) is 22.3 Å². The summed E-state index contributed by atoms with van der Waals surface area (Å²) < 4.78 is 4.70. The zero-order valence-corrected chi connectivity index (χ0v) is 13.3. The molecule has 120 valence electrons. The summed E-state index contributed by atoms with van der Waals surface area (Å²) in [5, 5.41) is 5.93. The number of carbonyl (C=O) groups is 2. The maximum Gasteiger partial charge on any atom is 0.339 e. The fourth-order valence-corrected chi connectivity index (χ4v) is 2.08. The van der Waals surface area contributed by atoms with Crippen LogP contribution in [0, 0.1) is 6.92 Å². The maximum atomic E-state index is 12.0. The number of para-hydroxylation sites is 1. The highest BCUT2D eigenvalue weighted by atomic mass is 16.5. The van der Waals surface area contributed by atoms with Crippen LogP contribution in [0.4, 0.5) is 11.4 Å². The summed E-state index contributed by atoms with van der Waals surface area (Å²) in [5.74, 6) is -0.639. The lowest BCUT2D eigenvalue weighted by Gasteiger charge is -2.10. The van der Waals surface area contributed by atoms with Gasteiger partial charge in [-0.05, 0) is 31.2 Å². The topological polar surface area (TPSA) is 67.4 Å². The van der Waals surface area contributed by atoms with Gasteiger partial charge in [-0.25, -0.2) is 4.79 Å². The van der Waals surface area contributed by atoms with E-state index in [4.69, 9.17) is 4.74 Å². The Kier molecular flexibility index (Phi) is 5.74. The van der Waals surface area contributed by atoms with E-state index in [1.165, 1.54) is 12.7 Å². The SMILES string of the molecule is COC(=O)c1ccccc1NC(=O)CCNc1ccc(C)cc1. The molecule has 0 fully saturated rings. The molecule has 5 nitrogen and oxygen atoms in total. The molecule has 0 aliphatic heterocycles. The van der Waals surface area contributed by atoms with E-state index >= 15 is 0 Å². The predicted octanol–water partition coefficient (Wildman–Crippen LogP) is 3.22. The number of benzene rings is 2. The molecule has 2 aromatic rings. The number of hydrogen-bond donors (Lipinski definition) is 2. The summed E-state index contributed by atoms with van der Waals surface area (Å²) in [4.78, 5) is 23.7. The van der Waals surface area contributed by atoms with Crippen LogP contribution in [-0.4, -0.2) is 25.5 Å². The van der Waals surface area contributed by atoms with Crippen molar-refractivity contribution < 1.29 is 14.3 Å². The maximum absolute atomic E-state index is 12.0. The van der Waals surface area contributed by atoms with Crippen molar-refractivity contribution in [2.24, 2.45) is 0 Å². The lowest BCUT2D eigenvalue weighted by molar-refractivity contribution is -0.115. The Bertz CT molecular complexity index is 681. The molecule has 0 aliphatic rings. The highest BCUT2D eigenvalue weighted by Crippen LogP contribution is 2.16. The minimum absolute atomic E-state index is 0.166. The van der Waals surface area contributed by atoms with Gasteiger partial charge in [0.25, 0.3) is 0 Å². The van der Waals surface area contributed by atoms with Gasteiger partial charge in [0.05, 0.1) is 18.4 Å². The monoisotopic (exact) mass is 312 g/mol. The molecule has 0 heterocycles. The molecule has 0 atom stereocenters. The van der Waals surface area contributed by atoms with E-state index in [0.29, 0.717) is 24.2 Å². The molecule has 2 N–H and O–H groups in total. The van der Waals surface area contributed by atoms with Crippen molar-refractivity contribution in [1.82, 2.24) is 0 Å². The molecule has 0 saturated heterocycles. The molecule has 1 amide bonds. The minimum Gasteiger partial charge on any atom is -0.465 e. The van der Waals surface area contributed by atoms with Crippen molar-refractivity contribution in [3.63, 3.8) is 0 Å². The van der Waals surface area contributed by atoms with Crippen LogP contribution in [0.2, 0.25) is 0 Å². The second-order valence-corrected chi connectivity index (χ2v) is 5.13. The number of aryl methyl sites for hydroxylation is 1. The third kappa shape index (κ3) is 4.85. The van der Waals surface area contributed by atoms with Crippen LogP contribution >= 0.6 is 0 Å². The van der Waals surface area contributed by atoms with Crippen molar-refractivity contribution in [1.29, 1.82) is 0 Å². The van der Waals surface area contributed by atoms with Crippen LogP contribution in [0.3, 0.4) is 0 Å². The molecule has 23 heavy (non-hydrogen) atoms. The Morgan fingerprint density at radius 3 is 2.43 bits per heavy atom. The largest absolute Gasteiger partial charge is 0.465 e. The van der Waals surface area contributed by atoms with Gasteiger partial charge < -0.3 is 15.4 Å². The lowest BCUT2D eigenvalue weighted by Crippen LogP contribution is -2.18. The van der Waals surface area contributed by atoms with Crippen molar-refractivity contribution in [3.05, 3.63) is 59.7 Å². The number of rotatable bonds is 6. The fourth-order valence-electron chi connectivity index (χ4n) is 2.08. The summed E-state index contributed by atoms with van der Waals surface area (Å²) in [7, 11) is 1.31. The standard InChI is InChI=1S/C18H20N2O3/c1-13-7-9-14(10-8-13)19-12-11-17(21)20-16-6-4-3-5-15(16)18(22)23-2/h3-10,19H,11-12H2,1-2H3,(H,20,21). The number of carbonyl (C=O) groups excluding carboxylic acids is 2. The highest BCUT2D eigenvalue weighted by molar-refractivity contribution is 6.01. The van der Waals surface area contributed by atoms with Crippen molar-refractivity contribution >= 4 is 23.3 Å². The summed E-state index contributed by atoms with van der Waals surface area (Å²) >= 11 is 0. The molecule has 5 heteroatoms. The number of esters is 1. The second-order valence-electron chi connectivity index (χ2n) is 5.13. The first-order valence-electron chi connectivity index (χ1n) is 7.38. The van der Waals surface area contributed by atoms with E-state index in [9.17, 15) is 9.59 Å². The summed E-state index contributed by atoms with van der Waals surface area (Å²) in [6, 6.07) is 14.7. The Labute approximate surface area is 135 Å². The van der Waals surface area contributed by atoms with Gasteiger partial charge in [-0.3, -0.25) is 4.79 Å². The molecule has 0 aromatic heterocycles. The van der Waals surface area contributed by atoms with Gasteiger partial charge >= 0.3 is 5.97 Å². The lowest BCUT2D eigenvalue weighted by atomic mass is 10.1. The molecule has 0 aliphatic carbocycles. The van der Waals surface area contributed by atoms with Crippen molar-refractivity contribution in [3.8, 4) is 0 Å².